The lowest BCUT2D eigenvalue weighted by molar-refractivity contribution is -0.978. The minimum atomic E-state index is -0.585. The highest BCUT2D eigenvalue weighted by molar-refractivity contribution is 6.21. The third kappa shape index (κ3) is 1.74. The van der Waals surface area contributed by atoms with E-state index in [1.807, 2.05) is 0 Å². The number of pyridine rings is 3. The molecule has 0 saturated carbocycles. The van der Waals surface area contributed by atoms with Crippen molar-refractivity contribution in [1.29, 1.82) is 0 Å². The number of fused-ring (bicyclic) bond motifs is 7. The van der Waals surface area contributed by atoms with Gasteiger partial charge in [0.25, 0.3) is 5.82 Å². The lowest BCUT2D eigenvalue weighted by Gasteiger charge is -2.36. The Labute approximate surface area is 240 Å². The van der Waals surface area contributed by atoms with Crippen molar-refractivity contribution >= 4 is 43.6 Å². The van der Waals surface area contributed by atoms with Gasteiger partial charge in [0.05, 0.1) is 11.8 Å². The van der Waals surface area contributed by atoms with E-state index in [4.69, 9.17) is 0 Å². The first-order chi connectivity index (χ1) is 20.6. The molecule has 3 aromatic carbocycles. The molecule has 1 atom stereocenters. The van der Waals surface area contributed by atoms with Gasteiger partial charge < -0.3 is 0 Å². The molecule has 0 amide bonds. The molecule has 12 rings (SSSR count). The summed E-state index contributed by atoms with van der Waals surface area (Å²) in [6.07, 6.45) is 6.89. The zero-order chi connectivity index (χ0) is 27.3. The lowest BCUT2D eigenvalue weighted by atomic mass is 9.75. The quantitative estimate of drug-likeness (QED) is 0.224. The number of aromatic nitrogens is 5. The van der Waals surface area contributed by atoms with Crippen molar-refractivity contribution < 1.29 is 13.8 Å². The molecule has 5 nitrogen and oxygen atoms in total. The second-order valence-electron chi connectivity index (χ2n) is 12.9. The fourth-order valence-corrected chi connectivity index (χ4v) is 9.41. The highest BCUT2D eigenvalue weighted by atomic mass is 15.5. The smallest absolute Gasteiger partial charge is 0.190 e. The summed E-state index contributed by atoms with van der Waals surface area (Å²) in [5.41, 5.74) is 12.4. The van der Waals surface area contributed by atoms with Gasteiger partial charge in [0.15, 0.2) is 17.3 Å². The summed E-state index contributed by atoms with van der Waals surface area (Å²) in [4.78, 5) is 0. The van der Waals surface area contributed by atoms with Gasteiger partial charge in [-0.05, 0) is 42.5 Å². The summed E-state index contributed by atoms with van der Waals surface area (Å²) in [7, 11) is 0. The van der Waals surface area contributed by atoms with E-state index in [-0.39, 0.29) is 5.41 Å². The van der Waals surface area contributed by atoms with Crippen LogP contribution in [0.5, 0.6) is 0 Å². The zero-order valence-corrected chi connectivity index (χ0v) is 23.1. The molecule has 0 fully saturated rings. The third-order valence-electron chi connectivity index (χ3n) is 10.9. The van der Waals surface area contributed by atoms with Crippen LogP contribution in [-0.2, 0) is 11.1 Å². The molecule has 0 bridgehead atoms. The van der Waals surface area contributed by atoms with E-state index in [0.29, 0.717) is 0 Å². The maximum atomic E-state index is 2.61. The van der Waals surface area contributed by atoms with E-state index in [0.717, 1.165) is 0 Å². The average Bonchev–Trinajstić information content (AvgIpc) is 3.65. The molecule has 9 heterocycles. The second kappa shape index (κ2) is 6.00. The average molecular weight is 539 g/mol. The molecule has 4 aliphatic heterocycles. The molecule has 4 aliphatic rings. The number of benzene rings is 3. The van der Waals surface area contributed by atoms with Crippen LogP contribution >= 0.6 is 0 Å². The van der Waals surface area contributed by atoms with Gasteiger partial charge in [-0.3, -0.25) is 0 Å². The molecule has 1 unspecified atom stereocenters. The minimum Gasteiger partial charge on any atom is -0.190 e. The van der Waals surface area contributed by atoms with Crippen LogP contribution in [0.4, 0.5) is 0 Å². The molecule has 194 valence electrons. The van der Waals surface area contributed by atoms with Crippen LogP contribution in [0.1, 0.15) is 36.2 Å². The molecular weight excluding hydrogens is 514 g/mol. The third-order valence-corrected chi connectivity index (χ3v) is 10.9. The number of para-hydroxylation sites is 2. The van der Waals surface area contributed by atoms with Gasteiger partial charge in [0.2, 0.25) is 11.9 Å². The molecule has 0 saturated heterocycles. The van der Waals surface area contributed by atoms with Gasteiger partial charge in [-0.1, -0.05) is 48.9 Å². The van der Waals surface area contributed by atoms with E-state index in [1.54, 1.807) is 0 Å². The van der Waals surface area contributed by atoms with Gasteiger partial charge in [0, 0.05) is 50.7 Å². The fourth-order valence-electron chi connectivity index (χ4n) is 9.41. The largest absolute Gasteiger partial charge is 0.431 e. The van der Waals surface area contributed by atoms with Crippen molar-refractivity contribution in [2.45, 2.75) is 24.9 Å². The summed E-state index contributed by atoms with van der Waals surface area (Å²) in [6.45, 7) is 4.80. The van der Waals surface area contributed by atoms with Crippen molar-refractivity contribution in [3.8, 4) is 17.1 Å². The van der Waals surface area contributed by atoms with Crippen LogP contribution in [0.3, 0.4) is 0 Å². The van der Waals surface area contributed by atoms with E-state index >= 15 is 0 Å². The zero-order valence-electron chi connectivity index (χ0n) is 23.1. The predicted octanol–water partition coefficient (Wildman–Crippen LogP) is 5.61. The first-order valence-corrected chi connectivity index (χ1v) is 14.8. The predicted molar refractivity (Wildman–Crippen MR) is 161 cm³/mol. The Balaban J connectivity index is 1.53. The molecule has 8 aromatic rings. The van der Waals surface area contributed by atoms with Gasteiger partial charge in [0.1, 0.15) is 22.1 Å². The summed E-state index contributed by atoms with van der Waals surface area (Å²) in [5, 5.41) is 5.28. The van der Waals surface area contributed by atoms with Crippen LogP contribution in [-0.4, -0.2) is 9.24 Å². The SMILES string of the molecule is CC1(C)c2ccc[n+]3c2-n2c4c1cccc4c1cc4c5ccccc5n5c4c(c12)C31c2c(ccc[n+]2-5)-c2cccc[n+]21. The van der Waals surface area contributed by atoms with Gasteiger partial charge >= 0.3 is 11.4 Å². The summed E-state index contributed by atoms with van der Waals surface area (Å²) in [5.74, 6) is 1.28. The summed E-state index contributed by atoms with van der Waals surface area (Å²) in [6, 6.07) is 34.2. The minimum absolute atomic E-state index is 0.148. The molecule has 5 aromatic heterocycles. The molecule has 1 spiro atoms. The van der Waals surface area contributed by atoms with E-state index < -0.39 is 5.66 Å². The highest BCUT2D eigenvalue weighted by Gasteiger charge is 2.73. The Morgan fingerprint density at radius 2 is 1.40 bits per heavy atom. The van der Waals surface area contributed by atoms with Crippen LogP contribution < -0.4 is 13.8 Å². The monoisotopic (exact) mass is 538 g/mol. The number of hydrogen-bond acceptors (Lipinski definition) is 0. The van der Waals surface area contributed by atoms with Gasteiger partial charge in [-0.2, -0.15) is 9.13 Å². The molecular formula is C37H24N5+3. The van der Waals surface area contributed by atoms with Crippen molar-refractivity contribution in [2.75, 3.05) is 0 Å². The maximum Gasteiger partial charge on any atom is 0.431 e. The number of rotatable bonds is 0. The van der Waals surface area contributed by atoms with Crippen molar-refractivity contribution in [3.63, 3.8) is 0 Å². The van der Waals surface area contributed by atoms with Crippen LogP contribution in [0.15, 0.2) is 110 Å². The Morgan fingerprint density at radius 1 is 0.619 bits per heavy atom. The highest BCUT2D eigenvalue weighted by Crippen LogP contribution is 2.55. The first-order valence-electron chi connectivity index (χ1n) is 14.8. The van der Waals surface area contributed by atoms with Crippen molar-refractivity contribution in [3.05, 3.63) is 132 Å². The molecule has 0 aliphatic carbocycles. The van der Waals surface area contributed by atoms with Crippen LogP contribution in [0, 0.1) is 0 Å². The lowest BCUT2D eigenvalue weighted by Crippen LogP contribution is -2.79. The van der Waals surface area contributed by atoms with Crippen LogP contribution in [0.25, 0.3) is 60.7 Å². The van der Waals surface area contributed by atoms with E-state index in [9.17, 15) is 0 Å². The number of nitrogens with zero attached hydrogens (tertiary/aromatic N) is 5. The Morgan fingerprint density at radius 3 is 2.36 bits per heavy atom. The van der Waals surface area contributed by atoms with Crippen LogP contribution in [0.2, 0.25) is 0 Å². The number of hydrogen-bond donors (Lipinski definition) is 0. The van der Waals surface area contributed by atoms with Gasteiger partial charge in [-0.25, -0.2) is 0 Å². The molecule has 0 N–H and O–H groups in total. The van der Waals surface area contributed by atoms with Gasteiger partial charge in [-0.15, -0.1) is 9.24 Å². The summed E-state index contributed by atoms with van der Waals surface area (Å²) < 4.78 is 12.7. The topological polar surface area (TPSA) is 21.5 Å². The maximum absolute atomic E-state index is 2.61. The summed E-state index contributed by atoms with van der Waals surface area (Å²) >= 11 is 0. The Bertz CT molecular complexity index is 2670. The van der Waals surface area contributed by atoms with Crippen molar-refractivity contribution in [1.82, 2.24) is 9.24 Å². The normalized spacial score (nSPS) is 19.0. The fraction of sp³-hybridized carbons (Fsp3) is 0.108. The van der Waals surface area contributed by atoms with E-state index in [1.165, 1.54) is 83.1 Å². The first kappa shape index (κ1) is 20.6. The Kier molecular flexibility index (Phi) is 2.94. The molecule has 5 heteroatoms. The van der Waals surface area contributed by atoms with E-state index in [2.05, 4.69) is 146 Å². The Hall–Kier alpha value is -5.29. The van der Waals surface area contributed by atoms with Crippen molar-refractivity contribution in [2.24, 2.45) is 0 Å². The second-order valence-corrected chi connectivity index (χ2v) is 12.9. The standard InChI is InChI=1S/C37H24N5/c1-36(2)26-13-7-11-22-25-20-24-21-10-3-4-16-29(21)42-33(24)30-32(25)41(31(22)26)35-27(36)14-9-18-39(35)37(30)34-23(12-8-19-40(34)42)28-15-5-6-17-38(28)37/h3-20H,1-2H3/q+3. The molecule has 42 heavy (non-hydrogen) atoms. The molecule has 0 radical (unpaired) electrons.